The van der Waals surface area contributed by atoms with E-state index < -0.39 is 11.4 Å². The number of amides is 2. The van der Waals surface area contributed by atoms with Gasteiger partial charge in [-0.15, -0.1) is 0 Å². The average Bonchev–Trinajstić information content (AvgIpc) is 3.00. The van der Waals surface area contributed by atoms with Crippen LogP contribution in [0.3, 0.4) is 0 Å². The first-order chi connectivity index (χ1) is 20.5. The second-order valence-electron chi connectivity index (χ2n) is 10.9. The van der Waals surface area contributed by atoms with Crippen LogP contribution >= 0.6 is 0 Å². The molecule has 1 aliphatic rings. The fourth-order valence-corrected chi connectivity index (χ4v) is 5.33. The van der Waals surface area contributed by atoms with E-state index in [0.29, 0.717) is 39.8 Å². The van der Waals surface area contributed by atoms with Crippen LogP contribution in [0, 0.1) is 12.7 Å². The maximum atomic E-state index is 14.1. The Morgan fingerprint density at radius 1 is 0.930 bits per heavy atom. The van der Waals surface area contributed by atoms with Crippen molar-refractivity contribution in [3.63, 3.8) is 0 Å². The van der Waals surface area contributed by atoms with Crippen molar-refractivity contribution in [2.24, 2.45) is 0 Å². The summed E-state index contributed by atoms with van der Waals surface area (Å²) in [5.41, 5.74) is 4.52. The number of carbonyl (C=O) groups is 2. The number of benzene rings is 4. The highest BCUT2D eigenvalue weighted by Crippen LogP contribution is 2.45. The fraction of sp³-hybridized carbons (Fsp3) is 0.235. The van der Waals surface area contributed by atoms with Gasteiger partial charge in [0.2, 0.25) is 0 Å². The molecule has 4 aromatic rings. The molecule has 0 fully saturated rings. The molecular formula is C34H34FN3O5. The monoisotopic (exact) mass is 583 g/mol. The SMILES string of the molecule is COc1ccccc1C(=O)Nc1ccc(-c2ccc3c(c2COc2cc(F)ccc2C)N(C)C(=O)C(C)(C)N3)c(OC)c1. The minimum absolute atomic E-state index is 0.0535. The number of nitrogens with one attached hydrogen (secondary N) is 2. The fourth-order valence-electron chi connectivity index (χ4n) is 5.33. The number of likely N-dealkylation sites (N-methyl/N-ethyl adjacent to an activating group) is 1. The molecule has 0 saturated carbocycles. The molecule has 1 aliphatic heterocycles. The van der Waals surface area contributed by atoms with Crippen LogP contribution in [0.5, 0.6) is 17.2 Å². The van der Waals surface area contributed by atoms with Gasteiger partial charge in [0.25, 0.3) is 11.8 Å². The Kier molecular flexibility index (Phi) is 8.00. The summed E-state index contributed by atoms with van der Waals surface area (Å²) in [7, 11) is 4.80. The maximum absolute atomic E-state index is 14.1. The van der Waals surface area contributed by atoms with Crippen LogP contribution in [0.1, 0.15) is 35.3 Å². The molecule has 0 radical (unpaired) electrons. The van der Waals surface area contributed by atoms with Crippen molar-refractivity contribution in [2.75, 3.05) is 36.8 Å². The third kappa shape index (κ3) is 5.70. The first-order valence-corrected chi connectivity index (χ1v) is 13.8. The van der Waals surface area contributed by atoms with Crippen molar-refractivity contribution in [2.45, 2.75) is 32.9 Å². The predicted molar refractivity (Wildman–Crippen MR) is 166 cm³/mol. The maximum Gasteiger partial charge on any atom is 0.259 e. The second kappa shape index (κ2) is 11.7. The number of halogens is 1. The van der Waals surface area contributed by atoms with Crippen LogP contribution in [-0.2, 0) is 11.4 Å². The summed E-state index contributed by atoms with van der Waals surface area (Å²) in [5.74, 6) is 0.531. The molecule has 2 amide bonds. The van der Waals surface area contributed by atoms with E-state index in [1.54, 1.807) is 61.5 Å². The van der Waals surface area contributed by atoms with Gasteiger partial charge in [0.05, 0.1) is 31.2 Å². The van der Waals surface area contributed by atoms with Crippen LogP contribution in [0.4, 0.5) is 21.5 Å². The number of nitrogens with zero attached hydrogens (tertiary/aromatic N) is 1. The lowest BCUT2D eigenvalue weighted by Gasteiger charge is -2.39. The number of ether oxygens (including phenoxy) is 3. The minimum Gasteiger partial charge on any atom is -0.496 e. The van der Waals surface area contributed by atoms with Crippen LogP contribution in [0.2, 0.25) is 0 Å². The molecule has 43 heavy (non-hydrogen) atoms. The highest BCUT2D eigenvalue weighted by atomic mass is 19.1. The first kappa shape index (κ1) is 29.4. The van der Waals surface area contributed by atoms with E-state index in [1.165, 1.54) is 19.2 Å². The van der Waals surface area contributed by atoms with Crippen LogP contribution < -0.4 is 29.7 Å². The molecule has 0 aromatic heterocycles. The molecule has 0 saturated heterocycles. The van der Waals surface area contributed by atoms with Gasteiger partial charge in [-0.2, -0.15) is 0 Å². The molecule has 222 valence electrons. The largest absolute Gasteiger partial charge is 0.496 e. The van der Waals surface area contributed by atoms with E-state index in [4.69, 9.17) is 14.2 Å². The summed E-state index contributed by atoms with van der Waals surface area (Å²) < 4.78 is 31.4. The molecule has 9 heteroatoms. The zero-order valence-electron chi connectivity index (χ0n) is 25.0. The number of anilines is 3. The summed E-state index contributed by atoms with van der Waals surface area (Å²) in [6.07, 6.45) is 0. The number of methoxy groups -OCH3 is 2. The Bertz CT molecular complexity index is 1720. The molecule has 5 rings (SSSR count). The summed E-state index contributed by atoms with van der Waals surface area (Å²) in [6.45, 7) is 5.56. The smallest absolute Gasteiger partial charge is 0.259 e. The normalized spacial score (nSPS) is 13.6. The summed E-state index contributed by atoms with van der Waals surface area (Å²) >= 11 is 0. The van der Waals surface area contributed by atoms with E-state index >= 15 is 0 Å². The standard InChI is InChI=1S/C34H34FN3O5/c1-20-11-12-21(35)17-29(20)43-19-26-23(15-16-27-31(26)38(4)33(40)34(2,3)37-27)24-14-13-22(18-30(24)42-6)36-32(39)25-9-7-8-10-28(25)41-5/h7-18,37H,19H2,1-6H3,(H,36,39). The van der Waals surface area contributed by atoms with Crippen LogP contribution in [-0.4, -0.2) is 38.6 Å². The quantitative estimate of drug-likeness (QED) is 0.237. The Balaban J connectivity index is 1.57. The van der Waals surface area contributed by atoms with Gasteiger partial charge in [-0.05, 0) is 68.3 Å². The lowest BCUT2D eigenvalue weighted by atomic mass is 9.91. The van der Waals surface area contributed by atoms with E-state index in [-0.39, 0.29) is 18.4 Å². The zero-order chi connectivity index (χ0) is 30.9. The second-order valence-corrected chi connectivity index (χ2v) is 10.9. The molecule has 0 aliphatic carbocycles. The number of rotatable bonds is 8. The number of para-hydroxylation sites is 1. The van der Waals surface area contributed by atoms with Gasteiger partial charge in [0.1, 0.15) is 35.2 Å². The zero-order valence-corrected chi connectivity index (χ0v) is 25.0. The number of carbonyl (C=O) groups excluding carboxylic acids is 2. The van der Waals surface area contributed by atoms with Crippen molar-refractivity contribution in [3.05, 3.63) is 95.3 Å². The number of hydrogen-bond acceptors (Lipinski definition) is 6. The number of fused-ring (bicyclic) bond motifs is 1. The lowest BCUT2D eigenvalue weighted by Crippen LogP contribution is -2.52. The highest BCUT2D eigenvalue weighted by molar-refractivity contribution is 6.09. The summed E-state index contributed by atoms with van der Waals surface area (Å²) in [4.78, 5) is 28.0. The van der Waals surface area contributed by atoms with Gasteiger partial charge >= 0.3 is 0 Å². The van der Waals surface area contributed by atoms with Gasteiger partial charge in [-0.3, -0.25) is 9.59 Å². The van der Waals surface area contributed by atoms with Gasteiger partial charge in [-0.1, -0.05) is 24.3 Å². The van der Waals surface area contributed by atoms with Crippen LogP contribution in [0.25, 0.3) is 11.1 Å². The highest BCUT2D eigenvalue weighted by Gasteiger charge is 2.38. The minimum atomic E-state index is -0.806. The molecule has 0 atom stereocenters. The summed E-state index contributed by atoms with van der Waals surface area (Å²) in [6, 6.07) is 20.6. The average molecular weight is 584 g/mol. The molecule has 0 unspecified atom stereocenters. The molecule has 0 spiro atoms. The van der Waals surface area contributed by atoms with Crippen molar-refractivity contribution >= 4 is 28.9 Å². The molecule has 0 bridgehead atoms. The predicted octanol–water partition coefficient (Wildman–Crippen LogP) is 6.82. The van der Waals surface area contributed by atoms with Gasteiger partial charge in [-0.25, -0.2) is 4.39 Å². The molecule has 8 nitrogen and oxygen atoms in total. The number of aryl methyl sites for hydroxylation is 1. The van der Waals surface area contributed by atoms with Crippen molar-refractivity contribution in [3.8, 4) is 28.4 Å². The third-order valence-electron chi connectivity index (χ3n) is 7.53. The Morgan fingerprint density at radius 3 is 2.40 bits per heavy atom. The Morgan fingerprint density at radius 2 is 1.65 bits per heavy atom. The topological polar surface area (TPSA) is 89.1 Å². The Labute approximate surface area is 250 Å². The molecule has 4 aromatic carbocycles. The van der Waals surface area contributed by atoms with Crippen LogP contribution in [0.15, 0.2) is 72.8 Å². The third-order valence-corrected chi connectivity index (χ3v) is 7.53. The van der Waals surface area contributed by atoms with Gasteiger partial charge in [0.15, 0.2) is 0 Å². The van der Waals surface area contributed by atoms with Crippen molar-refractivity contribution in [1.29, 1.82) is 0 Å². The van der Waals surface area contributed by atoms with Gasteiger partial charge in [0, 0.05) is 36.0 Å². The molecule has 2 N–H and O–H groups in total. The van der Waals surface area contributed by atoms with Crippen molar-refractivity contribution in [1.82, 2.24) is 0 Å². The molecular weight excluding hydrogens is 549 g/mol. The summed E-state index contributed by atoms with van der Waals surface area (Å²) in [5, 5.41) is 6.25. The number of hydrogen-bond donors (Lipinski definition) is 2. The van der Waals surface area contributed by atoms with Crippen molar-refractivity contribution < 1.29 is 28.2 Å². The van der Waals surface area contributed by atoms with E-state index in [0.717, 1.165) is 22.4 Å². The first-order valence-electron chi connectivity index (χ1n) is 13.8. The Hall–Kier alpha value is -5.05. The lowest BCUT2D eigenvalue weighted by molar-refractivity contribution is -0.121. The van der Waals surface area contributed by atoms with E-state index in [2.05, 4.69) is 10.6 Å². The van der Waals surface area contributed by atoms with E-state index in [9.17, 15) is 14.0 Å². The molecule has 1 heterocycles. The van der Waals surface area contributed by atoms with Gasteiger partial charge < -0.3 is 29.7 Å². The van der Waals surface area contributed by atoms with E-state index in [1.807, 2.05) is 39.0 Å².